The molecule has 8 nitrogen and oxygen atoms in total. The van der Waals surface area contributed by atoms with Crippen molar-refractivity contribution in [3.8, 4) is 5.75 Å². The number of urea groups is 1. The molecule has 4 heterocycles. The first kappa shape index (κ1) is 21.2. The van der Waals surface area contributed by atoms with E-state index in [1.165, 1.54) is 25.9 Å². The second-order valence-electron chi connectivity index (χ2n) is 8.15. The topological polar surface area (TPSA) is 101 Å². The summed E-state index contributed by atoms with van der Waals surface area (Å²) in [5, 5.41) is 2.89. The Hall–Kier alpha value is -2.00. The van der Waals surface area contributed by atoms with Crippen LogP contribution in [-0.2, 0) is 4.79 Å². The Morgan fingerprint density at radius 3 is 2.60 bits per heavy atom. The van der Waals surface area contributed by atoms with Gasteiger partial charge in [-0.05, 0) is 25.9 Å². The van der Waals surface area contributed by atoms with Crippen LogP contribution in [0, 0.1) is 0 Å². The summed E-state index contributed by atoms with van der Waals surface area (Å²) >= 11 is -2.44. The van der Waals surface area contributed by atoms with E-state index in [0.29, 0.717) is 17.6 Å². The Balaban J connectivity index is 1.30. The molecule has 9 heteroatoms. The number of nitrogens with two attached hydrogens (primary N) is 1. The van der Waals surface area contributed by atoms with E-state index in [2.05, 4.69) is 19.9 Å². The van der Waals surface area contributed by atoms with Crippen LogP contribution >= 0.6 is 0 Å². The van der Waals surface area contributed by atoms with Crippen molar-refractivity contribution in [2.75, 3.05) is 31.5 Å². The van der Waals surface area contributed by atoms with Crippen LogP contribution in [0.1, 0.15) is 25.7 Å². The predicted octanol–water partition coefficient (Wildman–Crippen LogP) is 2.06. The van der Waals surface area contributed by atoms with Crippen LogP contribution in [-0.4, -0.2) is 80.4 Å². The first-order chi connectivity index (χ1) is 14.5. The number of amides is 3. The molecule has 4 rings (SSSR count). The molecule has 3 N–H and O–H groups in total. The normalized spacial score (nSPS) is 20.2. The van der Waals surface area contributed by atoms with Crippen LogP contribution in [0.3, 0.4) is 0 Å². The van der Waals surface area contributed by atoms with Crippen LogP contribution in [0.2, 0.25) is 4.68 Å². The Bertz CT molecular complexity index is 873. The molecule has 2 saturated heterocycles. The Labute approximate surface area is 184 Å². The van der Waals surface area contributed by atoms with Gasteiger partial charge in [-0.25, -0.2) is 0 Å². The summed E-state index contributed by atoms with van der Waals surface area (Å²) < 4.78 is 9.64. The number of carbonyl (C=O) groups is 2. The minimum atomic E-state index is -2.44. The quantitative estimate of drug-likeness (QED) is 0.628. The van der Waals surface area contributed by atoms with Gasteiger partial charge in [0.1, 0.15) is 0 Å². The number of likely N-dealkylation sites (tertiary alicyclic amines) is 2. The van der Waals surface area contributed by atoms with E-state index in [4.69, 9.17) is 10.5 Å². The SMILES string of the molecule is [CH3][In]1[C](Oc2ccnc(NC(=O)N3CCC(N4CCCC4)CC3)c2)=CC=[C]1C(N)=O. The standard InChI is InChI=1S/C20H25N5O3.CH3.In/c21-18(26)5-1-4-14-28-17-6-9-22-19(15-17)23-20(27)25-12-7-16(8-13-25)24-10-2-3-11-24;;/h1,4,6,9,15-16H,2-3,7-8,10-13H2,(H2,21,26)(H,22,23,27);1H3;. The molecule has 3 amide bonds. The Morgan fingerprint density at radius 1 is 1.20 bits per heavy atom. The molecule has 0 aliphatic carbocycles. The second-order valence-corrected chi connectivity index (χ2v) is 15.7. The summed E-state index contributed by atoms with van der Waals surface area (Å²) in [5.74, 6) is 0.704. The van der Waals surface area contributed by atoms with E-state index in [-0.39, 0.29) is 11.9 Å². The number of anilines is 1. The molecule has 30 heavy (non-hydrogen) atoms. The molecule has 158 valence electrons. The number of nitrogens with one attached hydrogen (secondary N) is 1. The van der Waals surface area contributed by atoms with Gasteiger partial charge in [0.05, 0.1) is 0 Å². The van der Waals surface area contributed by atoms with E-state index in [0.717, 1.165) is 32.8 Å². The van der Waals surface area contributed by atoms with Gasteiger partial charge in [0.15, 0.2) is 0 Å². The van der Waals surface area contributed by atoms with Crippen molar-refractivity contribution in [2.45, 2.75) is 36.4 Å². The molecular weight excluding hydrogens is 485 g/mol. The van der Waals surface area contributed by atoms with Crippen LogP contribution in [0.25, 0.3) is 0 Å². The molecule has 3 aliphatic rings. The number of ether oxygens (including phenoxy) is 1. The molecule has 0 aromatic carbocycles. The third kappa shape index (κ3) is 4.83. The Morgan fingerprint density at radius 2 is 1.93 bits per heavy atom. The molecule has 0 bridgehead atoms. The zero-order valence-corrected chi connectivity index (χ0v) is 20.6. The zero-order valence-electron chi connectivity index (χ0n) is 17.3. The molecule has 0 radical (unpaired) electrons. The van der Waals surface area contributed by atoms with Gasteiger partial charge in [0.25, 0.3) is 0 Å². The Kier molecular flexibility index (Phi) is 6.68. The van der Waals surface area contributed by atoms with E-state index in [1.54, 1.807) is 24.4 Å². The van der Waals surface area contributed by atoms with Crippen molar-refractivity contribution in [2.24, 2.45) is 5.73 Å². The van der Waals surface area contributed by atoms with E-state index in [1.807, 2.05) is 11.0 Å². The fourth-order valence-corrected chi connectivity index (χ4v) is 9.62. The van der Waals surface area contributed by atoms with Crippen LogP contribution in [0.15, 0.2) is 37.3 Å². The predicted molar refractivity (Wildman–Crippen MR) is 116 cm³/mol. The van der Waals surface area contributed by atoms with Crippen molar-refractivity contribution in [3.05, 3.63) is 37.3 Å². The number of pyridine rings is 1. The van der Waals surface area contributed by atoms with Crippen molar-refractivity contribution in [3.63, 3.8) is 0 Å². The molecule has 0 atom stereocenters. The van der Waals surface area contributed by atoms with Crippen molar-refractivity contribution in [1.82, 2.24) is 14.8 Å². The summed E-state index contributed by atoms with van der Waals surface area (Å²) in [7, 11) is 0. The number of primary amides is 1. The number of carbonyl (C=O) groups excluding carboxylic acids is 2. The van der Waals surface area contributed by atoms with Crippen LogP contribution < -0.4 is 15.8 Å². The molecular formula is C21H28InN5O3. The first-order valence-electron chi connectivity index (χ1n) is 10.7. The molecule has 1 aromatic heterocycles. The van der Waals surface area contributed by atoms with Gasteiger partial charge in [0, 0.05) is 0 Å². The molecule has 0 saturated carbocycles. The molecule has 1 aromatic rings. The maximum atomic E-state index is 12.7. The fourth-order valence-electron chi connectivity index (χ4n) is 4.44. The van der Waals surface area contributed by atoms with Gasteiger partial charge < -0.3 is 0 Å². The van der Waals surface area contributed by atoms with Gasteiger partial charge in [-0.2, -0.15) is 0 Å². The van der Waals surface area contributed by atoms with E-state index in [9.17, 15) is 9.59 Å². The number of nitrogens with zero attached hydrogens (tertiary/aromatic N) is 3. The fraction of sp³-hybridized carbons (Fsp3) is 0.476. The summed E-state index contributed by atoms with van der Waals surface area (Å²) in [6.45, 7) is 3.93. The summed E-state index contributed by atoms with van der Waals surface area (Å²) in [4.78, 5) is 32.9. The van der Waals surface area contributed by atoms with Gasteiger partial charge in [0.2, 0.25) is 0 Å². The number of hydrogen-bond acceptors (Lipinski definition) is 5. The minimum absolute atomic E-state index is 0.121. The first-order valence-corrected chi connectivity index (χ1v) is 17.3. The van der Waals surface area contributed by atoms with Crippen molar-refractivity contribution in [1.29, 1.82) is 0 Å². The monoisotopic (exact) mass is 513 g/mol. The van der Waals surface area contributed by atoms with Gasteiger partial charge in [-0.15, -0.1) is 0 Å². The van der Waals surface area contributed by atoms with Crippen LogP contribution in [0.4, 0.5) is 10.6 Å². The maximum absolute atomic E-state index is 12.7. The van der Waals surface area contributed by atoms with Crippen LogP contribution in [0.5, 0.6) is 5.75 Å². The third-order valence-corrected chi connectivity index (χ3v) is 13.6. The number of aromatic nitrogens is 1. The average Bonchev–Trinajstić information content (AvgIpc) is 3.39. The van der Waals surface area contributed by atoms with Gasteiger partial charge in [-0.3, -0.25) is 0 Å². The molecule has 0 spiro atoms. The van der Waals surface area contributed by atoms with Gasteiger partial charge >= 0.3 is 159 Å². The van der Waals surface area contributed by atoms with Crippen molar-refractivity contribution < 1.29 is 14.3 Å². The number of allylic oxidation sites excluding steroid dienone is 2. The molecule has 2 fully saturated rings. The third-order valence-electron chi connectivity index (χ3n) is 6.22. The second kappa shape index (κ2) is 9.43. The van der Waals surface area contributed by atoms with Gasteiger partial charge in [-0.1, -0.05) is 0 Å². The number of piperidine rings is 1. The van der Waals surface area contributed by atoms with Crippen molar-refractivity contribution >= 4 is 39.2 Å². The van der Waals surface area contributed by atoms with E-state index < -0.39 is 21.4 Å². The molecule has 3 aliphatic heterocycles. The number of rotatable bonds is 5. The summed E-state index contributed by atoms with van der Waals surface area (Å²) in [5.41, 5.74) is 5.43. The summed E-state index contributed by atoms with van der Waals surface area (Å²) in [6.07, 6.45) is 9.87. The summed E-state index contributed by atoms with van der Waals surface area (Å²) in [6, 6.07) is 3.96. The molecule has 0 unspecified atom stereocenters. The van der Waals surface area contributed by atoms with E-state index >= 15 is 0 Å². The average molecular weight is 513 g/mol. The number of hydrogen-bond donors (Lipinski definition) is 2. The zero-order chi connectivity index (χ0) is 21.1.